The summed E-state index contributed by atoms with van der Waals surface area (Å²) in [6, 6.07) is 13.4. The average Bonchev–Trinajstić information content (AvgIpc) is 3.10. The second-order valence-corrected chi connectivity index (χ2v) is 8.99. The van der Waals surface area contributed by atoms with Gasteiger partial charge >= 0.3 is 0 Å². The lowest BCUT2D eigenvalue weighted by atomic mass is 10.0. The SMILES string of the molecule is CCOc1ccc([C@@H]2Nn3c(C)nnc3S[C@@H]2C(=O)Nc2ccc(Br)cc2C)cc1. The van der Waals surface area contributed by atoms with Gasteiger partial charge in [-0.25, -0.2) is 4.68 Å². The Labute approximate surface area is 187 Å². The van der Waals surface area contributed by atoms with Crippen molar-refractivity contribution < 1.29 is 9.53 Å². The third kappa shape index (κ3) is 4.17. The highest BCUT2D eigenvalue weighted by molar-refractivity contribution is 9.10. The summed E-state index contributed by atoms with van der Waals surface area (Å²) in [6.07, 6.45) is 0. The summed E-state index contributed by atoms with van der Waals surface area (Å²) in [6.45, 7) is 6.41. The van der Waals surface area contributed by atoms with Crippen LogP contribution in [0.15, 0.2) is 52.1 Å². The number of carbonyl (C=O) groups excluding carboxylic acids is 1. The molecule has 7 nitrogen and oxygen atoms in total. The highest BCUT2D eigenvalue weighted by atomic mass is 79.9. The van der Waals surface area contributed by atoms with Crippen LogP contribution in [0, 0.1) is 13.8 Å². The van der Waals surface area contributed by atoms with Crippen molar-refractivity contribution in [1.29, 1.82) is 0 Å². The van der Waals surface area contributed by atoms with Gasteiger partial charge in [0.25, 0.3) is 0 Å². The van der Waals surface area contributed by atoms with Gasteiger partial charge in [-0.2, -0.15) is 0 Å². The molecule has 1 aliphatic rings. The van der Waals surface area contributed by atoms with Crippen LogP contribution in [-0.2, 0) is 4.79 Å². The fraction of sp³-hybridized carbons (Fsp3) is 0.286. The molecule has 30 heavy (non-hydrogen) atoms. The standard InChI is InChI=1S/C21H22BrN5O2S/c1-4-29-16-8-5-14(6-9-16)18-19(30-21-25-24-13(3)27(21)26-18)20(28)23-17-10-7-15(22)11-12(17)2/h5-11,18-19,26H,4H2,1-3H3,(H,23,28)/t18-,19-/m0/s1. The first-order chi connectivity index (χ1) is 14.5. The predicted molar refractivity (Wildman–Crippen MR) is 122 cm³/mol. The highest BCUT2D eigenvalue weighted by Crippen LogP contribution is 2.38. The Kier molecular flexibility index (Phi) is 6.01. The monoisotopic (exact) mass is 487 g/mol. The number of benzene rings is 2. The number of anilines is 1. The van der Waals surface area contributed by atoms with Gasteiger partial charge in [0.2, 0.25) is 11.1 Å². The number of hydrogen-bond donors (Lipinski definition) is 2. The molecule has 2 N–H and O–H groups in total. The summed E-state index contributed by atoms with van der Waals surface area (Å²) in [5.74, 6) is 1.46. The van der Waals surface area contributed by atoms with E-state index in [2.05, 4.69) is 36.9 Å². The van der Waals surface area contributed by atoms with E-state index in [4.69, 9.17) is 4.74 Å². The van der Waals surface area contributed by atoms with Crippen LogP contribution in [0.4, 0.5) is 5.69 Å². The second-order valence-electron chi connectivity index (χ2n) is 6.96. The molecule has 0 saturated carbocycles. The van der Waals surface area contributed by atoms with E-state index in [1.165, 1.54) is 11.8 Å². The van der Waals surface area contributed by atoms with Crippen LogP contribution in [0.5, 0.6) is 5.75 Å². The van der Waals surface area contributed by atoms with E-state index in [1.54, 1.807) is 0 Å². The fourth-order valence-electron chi connectivity index (χ4n) is 3.32. The normalized spacial score (nSPS) is 17.7. The summed E-state index contributed by atoms with van der Waals surface area (Å²) >= 11 is 4.87. The van der Waals surface area contributed by atoms with E-state index in [9.17, 15) is 4.79 Å². The lowest BCUT2D eigenvalue weighted by Crippen LogP contribution is -2.41. The van der Waals surface area contributed by atoms with Gasteiger partial charge in [0.1, 0.15) is 16.8 Å². The van der Waals surface area contributed by atoms with E-state index >= 15 is 0 Å². The van der Waals surface area contributed by atoms with E-state index in [1.807, 2.05) is 67.9 Å². The molecule has 1 aliphatic heterocycles. The third-order valence-corrected chi connectivity index (χ3v) is 6.56. The Hall–Kier alpha value is -2.52. The number of aryl methyl sites for hydroxylation is 2. The van der Waals surface area contributed by atoms with Gasteiger partial charge in [-0.1, -0.05) is 39.8 Å². The maximum absolute atomic E-state index is 13.3. The smallest absolute Gasteiger partial charge is 0.240 e. The minimum absolute atomic E-state index is 0.0938. The summed E-state index contributed by atoms with van der Waals surface area (Å²) in [7, 11) is 0. The van der Waals surface area contributed by atoms with E-state index in [0.717, 1.165) is 32.9 Å². The van der Waals surface area contributed by atoms with Crippen molar-refractivity contribution in [3.05, 3.63) is 63.9 Å². The number of amides is 1. The van der Waals surface area contributed by atoms with Crippen LogP contribution in [0.2, 0.25) is 0 Å². The molecule has 1 amide bonds. The van der Waals surface area contributed by atoms with Gasteiger partial charge in [0.05, 0.1) is 12.6 Å². The Morgan fingerprint density at radius 2 is 2.00 bits per heavy atom. The van der Waals surface area contributed by atoms with Gasteiger partial charge in [0, 0.05) is 10.2 Å². The lowest BCUT2D eigenvalue weighted by Gasteiger charge is -2.33. The number of rotatable bonds is 5. The zero-order valence-electron chi connectivity index (χ0n) is 16.8. The van der Waals surface area contributed by atoms with Crippen LogP contribution in [0.25, 0.3) is 0 Å². The van der Waals surface area contributed by atoms with Crippen molar-refractivity contribution >= 4 is 39.3 Å². The molecule has 1 aromatic heterocycles. The summed E-state index contributed by atoms with van der Waals surface area (Å²) in [4.78, 5) is 13.3. The Balaban J connectivity index is 1.64. The van der Waals surface area contributed by atoms with Crippen molar-refractivity contribution in [1.82, 2.24) is 14.9 Å². The van der Waals surface area contributed by atoms with E-state index in [0.29, 0.717) is 11.8 Å². The van der Waals surface area contributed by atoms with Crippen LogP contribution in [-0.4, -0.2) is 32.6 Å². The molecular weight excluding hydrogens is 466 g/mol. The molecule has 3 aromatic rings. The number of thioether (sulfide) groups is 1. The molecule has 156 valence electrons. The number of ether oxygens (including phenoxy) is 1. The van der Waals surface area contributed by atoms with Gasteiger partial charge in [-0.15, -0.1) is 10.2 Å². The molecular formula is C21H22BrN5O2S. The van der Waals surface area contributed by atoms with Crippen LogP contribution >= 0.6 is 27.7 Å². The summed E-state index contributed by atoms with van der Waals surface area (Å²) in [5.41, 5.74) is 6.18. The Morgan fingerprint density at radius 1 is 1.23 bits per heavy atom. The van der Waals surface area contributed by atoms with Gasteiger partial charge < -0.3 is 15.5 Å². The average molecular weight is 488 g/mol. The van der Waals surface area contributed by atoms with E-state index in [-0.39, 0.29) is 11.9 Å². The molecule has 0 bridgehead atoms. The molecule has 0 fully saturated rings. The molecule has 2 atom stereocenters. The molecule has 0 radical (unpaired) electrons. The number of hydrogen-bond acceptors (Lipinski definition) is 6. The maximum atomic E-state index is 13.3. The lowest BCUT2D eigenvalue weighted by molar-refractivity contribution is -0.116. The number of fused-ring (bicyclic) bond motifs is 1. The van der Waals surface area contributed by atoms with Gasteiger partial charge in [0.15, 0.2) is 0 Å². The first-order valence-electron chi connectivity index (χ1n) is 9.61. The summed E-state index contributed by atoms with van der Waals surface area (Å²) < 4.78 is 8.36. The molecule has 0 spiro atoms. The Bertz CT molecular complexity index is 1070. The minimum Gasteiger partial charge on any atom is -0.494 e. The third-order valence-electron chi connectivity index (χ3n) is 4.85. The fourth-order valence-corrected chi connectivity index (χ4v) is 4.92. The Morgan fingerprint density at radius 3 is 2.70 bits per heavy atom. The predicted octanol–water partition coefficient (Wildman–Crippen LogP) is 4.45. The zero-order valence-corrected chi connectivity index (χ0v) is 19.3. The van der Waals surface area contributed by atoms with E-state index < -0.39 is 5.25 Å². The highest BCUT2D eigenvalue weighted by Gasteiger charge is 2.37. The molecule has 2 aromatic carbocycles. The molecule has 0 unspecified atom stereocenters. The molecule has 4 rings (SSSR count). The van der Waals surface area contributed by atoms with Crippen molar-refractivity contribution in [2.45, 2.75) is 37.2 Å². The number of nitrogens with zero attached hydrogens (tertiary/aromatic N) is 3. The molecule has 0 saturated heterocycles. The summed E-state index contributed by atoms with van der Waals surface area (Å²) in [5, 5.41) is 11.7. The van der Waals surface area contributed by atoms with Crippen molar-refractivity contribution in [2.75, 3.05) is 17.3 Å². The van der Waals surface area contributed by atoms with Crippen molar-refractivity contribution in [3.63, 3.8) is 0 Å². The quantitative estimate of drug-likeness (QED) is 0.552. The van der Waals surface area contributed by atoms with Crippen LogP contribution in [0.1, 0.15) is 29.9 Å². The largest absolute Gasteiger partial charge is 0.494 e. The first kappa shape index (κ1) is 20.7. The first-order valence-corrected chi connectivity index (χ1v) is 11.3. The number of aromatic nitrogens is 3. The molecule has 9 heteroatoms. The number of halogens is 1. The second kappa shape index (κ2) is 8.69. The zero-order chi connectivity index (χ0) is 21.3. The minimum atomic E-state index is -0.429. The molecule has 0 aliphatic carbocycles. The van der Waals surface area contributed by atoms with Crippen LogP contribution < -0.4 is 15.5 Å². The number of nitrogens with one attached hydrogen (secondary N) is 2. The van der Waals surface area contributed by atoms with Gasteiger partial charge in [-0.05, 0) is 62.2 Å². The number of carbonyl (C=O) groups is 1. The van der Waals surface area contributed by atoms with Crippen molar-refractivity contribution in [2.24, 2.45) is 0 Å². The maximum Gasteiger partial charge on any atom is 0.240 e. The molecule has 2 heterocycles. The van der Waals surface area contributed by atoms with Crippen molar-refractivity contribution in [3.8, 4) is 5.75 Å². The van der Waals surface area contributed by atoms with Crippen LogP contribution in [0.3, 0.4) is 0 Å². The van der Waals surface area contributed by atoms with Gasteiger partial charge in [-0.3, -0.25) is 4.79 Å². The topological polar surface area (TPSA) is 81.1 Å².